The quantitative estimate of drug-likeness (QED) is 0.203. The lowest BCUT2D eigenvalue weighted by Crippen LogP contribution is -2.44. The lowest BCUT2D eigenvalue weighted by atomic mass is 9.66. The molecule has 1 saturated heterocycles. The standard InChI is InChI=1S/C44H36N2O/c1-43-26-11-10-23-40(43)46(44(2)27-12-9-22-39(43)44)30-15-13-14-29(28-30)31-16-3-6-19-34(31)45-35-20-7-4-17-32(35)41-36(45)24-25-38-42(41)33-18-5-8-21-37(33)47-38/h3-25,27-28,33,37,39H,26H2,1-2H3. The normalized spacial score (nSPS) is 27.9. The van der Waals surface area contributed by atoms with E-state index in [4.69, 9.17) is 4.74 Å². The van der Waals surface area contributed by atoms with Crippen LogP contribution in [-0.2, 0) is 0 Å². The zero-order valence-electron chi connectivity index (χ0n) is 26.7. The van der Waals surface area contributed by atoms with Crippen LogP contribution in [-0.4, -0.2) is 16.2 Å². The number of rotatable bonds is 3. The molecule has 1 fully saturated rings. The van der Waals surface area contributed by atoms with Crippen molar-refractivity contribution in [2.24, 2.45) is 11.3 Å². The monoisotopic (exact) mass is 608 g/mol. The van der Waals surface area contributed by atoms with Crippen LogP contribution in [0.1, 0.15) is 31.7 Å². The van der Waals surface area contributed by atoms with Crippen molar-refractivity contribution in [2.45, 2.75) is 37.8 Å². The van der Waals surface area contributed by atoms with Crippen molar-refractivity contribution < 1.29 is 4.74 Å². The van der Waals surface area contributed by atoms with Crippen LogP contribution in [0.5, 0.6) is 5.75 Å². The number of anilines is 1. The van der Waals surface area contributed by atoms with Gasteiger partial charge in [-0.15, -0.1) is 0 Å². The van der Waals surface area contributed by atoms with Gasteiger partial charge in [-0.3, -0.25) is 0 Å². The van der Waals surface area contributed by atoms with Crippen molar-refractivity contribution in [1.82, 2.24) is 4.57 Å². The Kier molecular flexibility index (Phi) is 5.50. The second kappa shape index (κ2) is 9.62. The smallest absolute Gasteiger partial charge is 0.128 e. The molecule has 3 nitrogen and oxygen atoms in total. The topological polar surface area (TPSA) is 17.4 Å². The van der Waals surface area contributed by atoms with Gasteiger partial charge in [0.25, 0.3) is 0 Å². The fourth-order valence-corrected chi connectivity index (χ4v) is 9.45. The average molecular weight is 609 g/mol. The lowest BCUT2D eigenvalue weighted by molar-refractivity contribution is 0.269. The number of ether oxygens (including phenoxy) is 1. The molecule has 5 aliphatic rings. The van der Waals surface area contributed by atoms with Crippen LogP contribution in [0.4, 0.5) is 5.69 Å². The number of fused-ring (bicyclic) bond motifs is 10. The van der Waals surface area contributed by atoms with Crippen molar-refractivity contribution in [3.05, 3.63) is 163 Å². The Balaban J connectivity index is 1.17. The Morgan fingerprint density at radius 1 is 0.766 bits per heavy atom. The van der Waals surface area contributed by atoms with Crippen molar-refractivity contribution >= 4 is 27.5 Å². The number of allylic oxidation sites excluding steroid dienone is 8. The molecule has 228 valence electrons. The van der Waals surface area contributed by atoms with E-state index in [0.29, 0.717) is 5.92 Å². The summed E-state index contributed by atoms with van der Waals surface area (Å²) in [5, 5.41) is 2.55. The van der Waals surface area contributed by atoms with E-state index in [-0.39, 0.29) is 23.0 Å². The maximum Gasteiger partial charge on any atom is 0.128 e. The Bertz CT molecular complexity index is 2330. The van der Waals surface area contributed by atoms with Crippen LogP contribution in [0.25, 0.3) is 38.6 Å². The SMILES string of the molecule is CC12CC=CC=C1N(c1cccc(-c3ccccc3-n3c4ccccc4c4c5c(ccc43)OC3C=CC=CC53)c1)C1(C)C=CC=CC21. The maximum atomic E-state index is 6.46. The molecule has 0 N–H and O–H groups in total. The fourth-order valence-electron chi connectivity index (χ4n) is 9.45. The van der Waals surface area contributed by atoms with Gasteiger partial charge in [0.05, 0.1) is 22.3 Å². The second-order valence-corrected chi connectivity index (χ2v) is 14.1. The van der Waals surface area contributed by atoms with Gasteiger partial charge in [-0.1, -0.05) is 110 Å². The highest BCUT2D eigenvalue weighted by Gasteiger charge is 2.58. The van der Waals surface area contributed by atoms with Gasteiger partial charge >= 0.3 is 0 Å². The first-order chi connectivity index (χ1) is 23.1. The van der Waals surface area contributed by atoms with Crippen molar-refractivity contribution in [3.63, 3.8) is 0 Å². The molecule has 4 aromatic carbocycles. The number of para-hydroxylation sites is 2. The molecule has 10 rings (SSSR count). The third-order valence-electron chi connectivity index (χ3n) is 11.5. The van der Waals surface area contributed by atoms with Gasteiger partial charge in [-0.05, 0) is 67.5 Å². The van der Waals surface area contributed by atoms with Gasteiger partial charge in [0.2, 0.25) is 0 Å². The highest BCUT2D eigenvalue weighted by molar-refractivity contribution is 6.12. The largest absolute Gasteiger partial charge is 0.485 e. The summed E-state index contributed by atoms with van der Waals surface area (Å²) < 4.78 is 8.93. The fraction of sp³-hybridized carbons (Fsp3) is 0.182. The van der Waals surface area contributed by atoms with Crippen LogP contribution >= 0.6 is 0 Å². The summed E-state index contributed by atoms with van der Waals surface area (Å²) in [7, 11) is 0. The van der Waals surface area contributed by atoms with E-state index < -0.39 is 0 Å². The minimum absolute atomic E-state index is 0.0495. The first-order valence-corrected chi connectivity index (χ1v) is 16.9. The predicted molar refractivity (Wildman–Crippen MR) is 194 cm³/mol. The minimum Gasteiger partial charge on any atom is -0.485 e. The molecule has 0 amide bonds. The van der Waals surface area contributed by atoms with Crippen LogP contribution in [0.15, 0.2) is 157 Å². The molecule has 3 heterocycles. The highest BCUT2D eigenvalue weighted by atomic mass is 16.5. The molecule has 0 radical (unpaired) electrons. The van der Waals surface area contributed by atoms with E-state index in [1.165, 1.54) is 55.6 Å². The van der Waals surface area contributed by atoms with Gasteiger partial charge in [0, 0.05) is 50.5 Å². The van der Waals surface area contributed by atoms with Crippen LogP contribution in [0.3, 0.4) is 0 Å². The molecule has 47 heavy (non-hydrogen) atoms. The third kappa shape index (κ3) is 3.57. The van der Waals surface area contributed by atoms with E-state index in [9.17, 15) is 0 Å². The Labute approximate surface area is 275 Å². The predicted octanol–water partition coefficient (Wildman–Crippen LogP) is 10.6. The molecule has 5 atom stereocenters. The number of hydrogen-bond acceptors (Lipinski definition) is 2. The van der Waals surface area contributed by atoms with Crippen LogP contribution in [0, 0.1) is 11.3 Å². The number of aromatic nitrogens is 1. The zero-order chi connectivity index (χ0) is 31.3. The summed E-state index contributed by atoms with van der Waals surface area (Å²) in [5.41, 5.74) is 9.87. The van der Waals surface area contributed by atoms with E-state index in [0.717, 1.165) is 12.2 Å². The number of hydrogen-bond donors (Lipinski definition) is 0. The summed E-state index contributed by atoms with van der Waals surface area (Å²) in [4.78, 5) is 2.61. The molecular weight excluding hydrogens is 572 g/mol. The molecular formula is C44H36N2O. The molecule has 3 heteroatoms. The zero-order valence-corrected chi connectivity index (χ0v) is 26.7. The first kappa shape index (κ1) is 26.9. The summed E-state index contributed by atoms with van der Waals surface area (Å²) in [6.45, 7) is 4.85. The molecule has 0 spiro atoms. The lowest BCUT2D eigenvalue weighted by Gasteiger charge is -2.39. The van der Waals surface area contributed by atoms with E-state index >= 15 is 0 Å². The van der Waals surface area contributed by atoms with Gasteiger partial charge < -0.3 is 14.2 Å². The summed E-state index contributed by atoms with van der Waals surface area (Å²) in [5.74, 6) is 1.61. The molecule has 2 aliphatic heterocycles. The van der Waals surface area contributed by atoms with Gasteiger partial charge in [-0.25, -0.2) is 0 Å². The highest BCUT2D eigenvalue weighted by Crippen LogP contribution is 2.60. The average Bonchev–Trinajstić information content (AvgIpc) is 3.71. The summed E-state index contributed by atoms with van der Waals surface area (Å²) in [6.07, 6.45) is 26.1. The summed E-state index contributed by atoms with van der Waals surface area (Å²) >= 11 is 0. The van der Waals surface area contributed by atoms with E-state index in [2.05, 4.69) is 175 Å². The van der Waals surface area contributed by atoms with Crippen molar-refractivity contribution in [3.8, 4) is 22.6 Å². The van der Waals surface area contributed by atoms with Crippen molar-refractivity contribution in [2.75, 3.05) is 4.90 Å². The Morgan fingerprint density at radius 3 is 2.57 bits per heavy atom. The second-order valence-electron chi connectivity index (χ2n) is 14.1. The van der Waals surface area contributed by atoms with Gasteiger partial charge in [0.1, 0.15) is 11.9 Å². The molecule has 0 saturated carbocycles. The minimum atomic E-state index is -0.143. The van der Waals surface area contributed by atoms with Crippen LogP contribution in [0.2, 0.25) is 0 Å². The molecule has 1 aromatic heterocycles. The number of nitrogens with zero attached hydrogens (tertiary/aromatic N) is 2. The van der Waals surface area contributed by atoms with E-state index in [1.807, 2.05) is 0 Å². The van der Waals surface area contributed by atoms with Crippen molar-refractivity contribution in [1.29, 1.82) is 0 Å². The third-order valence-corrected chi connectivity index (χ3v) is 11.5. The maximum absolute atomic E-state index is 6.46. The molecule has 3 aliphatic carbocycles. The van der Waals surface area contributed by atoms with Gasteiger partial charge in [0.15, 0.2) is 0 Å². The Morgan fingerprint density at radius 2 is 1.62 bits per heavy atom. The van der Waals surface area contributed by atoms with Crippen LogP contribution < -0.4 is 9.64 Å². The van der Waals surface area contributed by atoms with E-state index in [1.54, 1.807) is 0 Å². The molecule has 5 unspecified atom stereocenters. The number of benzene rings is 4. The molecule has 0 bridgehead atoms. The first-order valence-electron chi connectivity index (χ1n) is 16.9. The van der Waals surface area contributed by atoms with Gasteiger partial charge in [-0.2, -0.15) is 0 Å². The summed E-state index contributed by atoms with van der Waals surface area (Å²) in [6, 6.07) is 31.4. The Hall–Kier alpha value is -5.28. The molecule has 5 aromatic rings.